The Morgan fingerprint density at radius 3 is 2.28 bits per heavy atom. The van der Waals surface area contributed by atoms with Crippen LogP contribution in [0.1, 0.15) is 27.6 Å². The summed E-state index contributed by atoms with van der Waals surface area (Å²) in [4.78, 5) is 35.0. The Kier molecular flexibility index (Phi) is 3.66. The lowest BCUT2D eigenvalue weighted by atomic mass is 10.1. The Morgan fingerprint density at radius 2 is 1.78 bits per heavy atom. The van der Waals surface area contributed by atoms with Crippen LogP contribution in [0.2, 0.25) is 0 Å². The van der Waals surface area contributed by atoms with E-state index in [1.165, 1.54) is 0 Å². The second kappa shape index (κ2) is 5.22. The fraction of sp³-hybridized carbons (Fsp3) is 0.250. The summed E-state index contributed by atoms with van der Waals surface area (Å²) in [6.07, 6.45) is 0. The number of imide groups is 1. The van der Waals surface area contributed by atoms with Gasteiger partial charge in [-0.15, -0.1) is 0 Å². The fourth-order valence-electron chi connectivity index (χ4n) is 1.60. The average molecular weight is 265 g/mol. The molecular weight excluding hydrogens is 254 g/mol. The van der Waals surface area contributed by atoms with Crippen LogP contribution in [0.3, 0.4) is 0 Å². The number of rotatable bonds is 4. The summed E-state index contributed by atoms with van der Waals surface area (Å²) in [6.45, 7) is 1.98. The Labute approximate surface area is 108 Å². The predicted molar refractivity (Wildman–Crippen MR) is 66.0 cm³/mol. The molecule has 0 aromatic heterocycles. The normalized spacial score (nSPS) is 13.7. The van der Waals surface area contributed by atoms with Gasteiger partial charge in [0.25, 0.3) is 11.8 Å². The smallest absolute Gasteiger partial charge is 0.317 e. The SMILES string of the molecule is CCOC(=O)CSN1C(=O)c2ccccc2C1=O. The van der Waals surface area contributed by atoms with Gasteiger partial charge in [-0.1, -0.05) is 12.1 Å². The van der Waals surface area contributed by atoms with Crippen molar-refractivity contribution in [3.8, 4) is 0 Å². The van der Waals surface area contributed by atoms with Gasteiger partial charge in [-0.05, 0) is 31.0 Å². The minimum atomic E-state index is -0.445. The average Bonchev–Trinajstić information content (AvgIpc) is 2.61. The summed E-state index contributed by atoms with van der Waals surface area (Å²) in [5.41, 5.74) is 0.748. The van der Waals surface area contributed by atoms with Crippen molar-refractivity contribution in [3.05, 3.63) is 35.4 Å². The van der Waals surface area contributed by atoms with Crippen molar-refractivity contribution in [2.45, 2.75) is 6.92 Å². The molecule has 1 aliphatic rings. The summed E-state index contributed by atoms with van der Waals surface area (Å²) < 4.78 is 5.74. The van der Waals surface area contributed by atoms with E-state index in [2.05, 4.69) is 0 Å². The molecule has 0 spiro atoms. The van der Waals surface area contributed by atoms with Gasteiger partial charge >= 0.3 is 5.97 Å². The number of amides is 2. The number of esters is 1. The van der Waals surface area contributed by atoms with Gasteiger partial charge in [0, 0.05) is 0 Å². The van der Waals surface area contributed by atoms with E-state index in [9.17, 15) is 14.4 Å². The molecule has 6 heteroatoms. The highest BCUT2D eigenvalue weighted by Gasteiger charge is 2.36. The molecule has 94 valence electrons. The van der Waals surface area contributed by atoms with Gasteiger partial charge in [-0.25, -0.2) is 4.31 Å². The third-order valence-electron chi connectivity index (χ3n) is 2.37. The number of carbonyl (C=O) groups excluding carboxylic acids is 3. The molecule has 5 nitrogen and oxygen atoms in total. The molecule has 18 heavy (non-hydrogen) atoms. The number of hydrogen-bond donors (Lipinski definition) is 0. The van der Waals surface area contributed by atoms with E-state index in [-0.39, 0.29) is 24.2 Å². The van der Waals surface area contributed by atoms with Gasteiger partial charge < -0.3 is 4.74 Å². The first kappa shape index (κ1) is 12.6. The molecule has 0 fully saturated rings. The first-order valence-corrected chi connectivity index (χ1v) is 6.35. The van der Waals surface area contributed by atoms with Crippen LogP contribution in [0.15, 0.2) is 24.3 Å². The zero-order valence-corrected chi connectivity index (χ0v) is 10.5. The van der Waals surface area contributed by atoms with Crippen molar-refractivity contribution in [3.63, 3.8) is 0 Å². The van der Waals surface area contributed by atoms with E-state index >= 15 is 0 Å². The molecule has 0 N–H and O–H groups in total. The lowest BCUT2D eigenvalue weighted by Crippen LogP contribution is -2.24. The van der Waals surface area contributed by atoms with Gasteiger partial charge in [-0.2, -0.15) is 0 Å². The second-order valence-corrected chi connectivity index (χ2v) is 4.44. The molecule has 0 saturated carbocycles. The third-order valence-corrected chi connectivity index (χ3v) is 3.33. The number of fused-ring (bicyclic) bond motifs is 1. The van der Waals surface area contributed by atoms with Gasteiger partial charge in [-0.3, -0.25) is 14.4 Å². The molecule has 0 bridgehead atoms. The Bertz CT molecular complexity index is 480. The molecule has 0 saturated heterocycles. The van der Waals surface area contributed by atoms with Crippen LogP contribution in [0.4, 0.5) is 0 Å². The quantitative estimate of drug-likeness (QED) is 0.469. The predicted octanol–water partition coefficient (Wildman–Crippen LogP) is 1.49. The van der Waals surface area contributed by atoms with E-state index in [1.54, 1.807) is 31.2 Å². The molecule has 1 aromatic rings. The zero-order valence-electron chi connectivity index (χ0n) is 9.71. The van der Waals surface area contributed by atoms with Gasteiger partial charge in [0.1, 0.15) is 5.75 Å². The lowest BCUT2D eigenvalue weighted by Gasteiger charge is -2.11. The van der Waals surface area contributed by atoms with Crippen LogP contribution >= 0.6 is 11.9 Å². The Balaban J connectivity index is 2.07. The number of hydrogen-bond acceptors (Lipinski definition) is 5. The number of carbonyl (C=O) groups is 3. The summed E-state index contributed by atoms with van der Waals surface area (Å²) in [5, 5.41) is 0. The first-order chi connectivity index (χ1) is 8.65. The summed E-state index contributed by atoms with van der Waals surface area (Å²) in [7, 11) is 0. The van der Waals surface area contributed by atoms with Crippen LogP contribution in [-0.2, 0) is 9.53 Å². The van der Waals surface area contributed by atoms with Crippen LogP contribution in [0.5, 0.6) is 0 Å². The molecule has 1 aliphatic heterocycles. The summed E-state index contributed by atoms with van der Waals surface area (Å²) >= 11 is 0.865. The van der Waals surface area contributed by atoms with Crippen molar-refractivity contribution in [1.29, 1.82) is 0 Å². The van der Waals surface area contributed by atoms with Crippen LogP contribution < -0.4 is 0 Å². The van der Waals surface area contributed by atoms with E-state index in [4.69, 9.17) is 4.74 Å². The standard InChI is InChI=1S/C12H11NO4S/c1-2-17-10(14)7-18-13-11(15)8-5-3-4-6-9(8)12(13)16/h3-6H,2,7H2,1H3. The van der Waals surface area contributed by atoms with E-state index in [0.29, 0.717) is 11.1 Å². The molecular formula is C12H11NO4S. The fourth-order valence-corrected chi connectivity index (χ4v) is 2.35. The molecule has 2 amide bonds. The minimum Gasteiger partial charge on any atom is -0.465 e. The third kappa shape index (κ3) is 2.24. The largest absolute Gasteiger partial charge is 0.465 e. The van der Waals surface area contributed by atoms with Gasteiger partial charge in [0.05, 0.1) is 17.7 Å². The van der Waals surface area contributed by atoms with Gasteiger partial charge in [0.2, 0.25) is 0 Å². The van der Waals surface area contributed by atoms with E-state index in [1.807, 2.05) is 0 Å². The number of ether oxygens (including phenoxy) is 1. The van der Waals surface area contributed by atoms with Crippen molar-refractivity contribution in [2.75, 3.05) is 12.4 Å². The highest BCUT2D eigenvalue weighted by molar-refractivity contribution is 7.98. The molecule has 1 heterocycles. The maximum atomic E-state index is 11.9. The highest BCUT2D eigenvalue weighted by Crippen LogP contribution is 2.28. The van der Waals surface area contributed by atoms with Gasteiger partial charge in [0.15, 0.2) is 0 Å². The molecule has 0 aliphatic carbocycles. The number of benzene rings is 1. The molecule has 0 unspecified atom stereocenters. The lowest BCUT2D eigenvalue weighted by molar-refractivity contribution is -0.139. The van der Waals surface area contributed by atoms with Crippen LogP contribution in [0.25, 0.3) is 0 Å². The first-order valence-electron chi connectivity index (χ1n) is 5.41. The maximum absolute atomic E-state index is 11.9. The zero-order chi connectivity index (χ0) is 13.1. The Hall–Kier alpha value is -1.82. The van der Waals surface area contributed by atoms with Crippen molar-refractivity contribution < 1.29 is 19.1 Å². The summed E-state index contributed by atoms with van der Waals surface area (Å²) in [6, 6.07) is 6.59. The topological polar surface area (TPSA) is 63.7 Å². The minimum absolute atomic E-state index is 0.0562. The molecule has 1 aromatic carbocycles. The highest BCUT2D eigenvalue weighted by atomic mass is 32.2. The molecule has 2 rings (SSSR count). The van der Waals surface area contributed by atoms with Crippen LogP contribution in [0, 0.1) is 0 Å². The summed E-state index contributed by atoms with van der Waals surface area (Å²) in [5.74, 6) is -1.27. The second-order valence-electron chi connectivity index (χ2n) is 3.53. The van der Waals surface area contributed by atoms with Crippen molar-refractivity contribution >= 4 is 29.7 Å². The number of nitrogens with zero attached hydrogens (tertiary/aromatic N) is 1. The maximum Gasteiger partial charge on any atom is 0.317 e. The monoisotopic (exact) mass is 265 g/mol. The molecule has 0 radical (unpaired) electrons. The van der Waals surface area contributed by atoms with E-state index < -0.39 is 5.97 Å². The van der Waals surface area contributed by atoms with Crippen molar-refractivity contribution in [1.82, 2.24) is 4.31 Å². The van der Waals surface area contributed by atoms with Crippen LogP contribution in [-0.4, -0.2) is 34.4 Å². The molecule has 0 atom stereocenters. The van der Waals surface area contributed by atoms with E-state index in [0.717, 1.165) is 16.3 Å². The van der Waals surface area contributed by atoms with Crippen molar-refractivity contribution in [2.24, 2.45) is 0 Å². The Morgan fingerprint density at radius 1 is 1.22 bits per heavy atom.